The van der Waals surface area contributed by atoms with Gasteiger partial charge in [-0.2, -0.15) is 0 Å². The van der Waals surface area contributed by atoms with E-state index in [1.165, 1.54) is 11.3 Å². The third-order valence-electron chi connectivity index (χ3n) is 4.10. The third-order valence-corrected chi connectivity index (χ3v) is 4.96. The van der Waals surface area contributed by atoms with Gasteiger partial charge in [-0.1, -0.05) is 18.2 Å². The maximum Gasteiger partial charge on any atom is 0.264 e. The summed E-state index contributed by atoms with van der Waals surface area (Å²) in [5, 5.41) is 1.87. The Balaban J connectivity index is 1.82. The first-order valence-electron chi connectivity index (χ1n) is 8.01. The van der Waals surface area contributed by atoms with Crippen LogP contribution < -0.4 is 9.64 Å². The second kappa shape index (κ2) is 7.05. The Kier molecular flexibility index (Phi) is 4.85. The highest BCUT2D eigenvalue weighted by Gasteiger charge is 2.36. The molecule has 0 unspecified atom stereocenters. The fourth-order valence-electron chi connectivity index (χ4n) is 2.89. The van der Waals surface area contributed by atoms with Gasteiger partial charge in [0.25, 0.3) is 5.91 Å². The average Bonchev–Trinajstić information content (AvgIpc) is 3.12. The molecule has 0 saturated carbocycles. The molecule has 5 nitrogen and oxygen atoms in total. The van der Waals surface area contributed by atoms with Crippen molar-refractivity contribution in [1.29, 1.82) is 0 Å². The highest BCUT2D eigenvalue weighted by atomic mass is 32.1. The number of carbonyl (C=O) groups excluding carboxylic acids is 2. The number of rotatable bonds is 4. The van der Waals surface area contributed by atoms with Crippen molar-refractivity contribution in [2.75, 3.05) is 24.6 Å². The van der Waals surface area contributed by atoms with Gasteiger partial charge in [-0.3, -0.25) is 9.59 Å². The summed E-state index contributed by atoms with van der Waals surface area (Å²) in [5.74, 6) is 0.528. The molecule has 0 spiro atoms. The molecule has 2 amide bonds. The van der Waals surface area contributed by atoms with Crippen molar-refractivity contribution in [2.24, 2.45) is 0 Å². The van der Waals surface area contributed by atoms with Crippen LogP contribution >= 0.6 is 11.3 Å². The summed E-state index contributed by atoms with van der Waals surface area (Å²) in [7, 11) is 0. The van der Waals surface area contributed by atoms with Gasteiger partial charge in [0.2, 0.25) is 5.91 Å². The Morgan fingerprint density at radius 2 is 2.04 bits per heavy atom. The fourth-order valence-corrected chi connectivity index (χ4v) is 3.57. The number of para-hydroxylation sites is 2. The zero-order chi connectivity index (χ0) is 17.1. The number of amides is 2. The SMILES string of the molecule is CCOc1ccccc1N1CCN(C(=O)c2cccs2)[C@H](C)C1=O. The lowest BCUT2D eigenvalue weighted by Gasteiger charge is -2.39. The Hall–Kier alpha value is -2.34. The molecule has 0 bridgehead atoms. The molecule has 1 aromatic heterocycles. The second-order valence-electron chi connectivity index (χ2n) is 5.54. The van der Waals surface area contributed by atoms with Crippen LogP contribution in [0, 0.1) is 0 Å². The molecule has 126 valence electrons. The third kappa shape index (κ3) is 3.01. The van der Waals surface area contributed by atoms with E-state index in [0.717, 1.165) is 5.69 Å². The molecule has 0 aliphatic carbocycles. The van der Waals surface area contributed by atoms with E-state index >= 15 is 0 Å². The Bertz CT molecular complexity index is 730. The number of hydrogen-bond donors (Lipinski definition) is 0. The largest absolute Gasteiger partial charge is 0.492 e. The average molecular weight is 344 g/mol. The molecule has 2 heterocycles. The van der Waals surface area contributed by atoms with Crippen LogP contribution in [0.15, 0.2) is 41.8 Å². The van der Waals surface area contributed by atoms with E-state index in [2.05, 4.69) is 0 Å². The molecular weight excluding hydrogens is 324 g/mol. The Labute approximate surface area is 145 Å². The first-order chi connectivity index (χ1) is 11.6. The molecule has 1 aliphatic rings. The number of piperazine rings is 1. The van der Waals surface area contributed by atoms with Gasteiger partial charge in [-0.25, -0.2) is 0 Å². The summed E-state index contributed by atoms with van der Waals surface area (Å²) in [6.07, 6.45) is 0. The van der Waals surface area contributed by atoms with Crippen LogP contribution in [0.2, 0.25) is 0 Å². The molecule has 3 rings (SSSR count). The van der Waals surface area contributed by atoms with Crippen molar-refractivity contribution in [3.63, 3.8) is 0 Å². The number of carbonyl (C=O) groups is 2. The van der Waals surface area contributed by atoms with Crippen molar-refractivity contribution >= 4 is 28.8 Å². The van der Waals surface area contributed by atoms with E-state index in [-0.39, 0.29) is 11.8 Å². The van der Waals surface area contributed by atoms with Gasteiger partial charge in [0.15, 0.2) is 0 Å². The second-order valence-corrected chi connectivity index (χ2v) is 6.49. The Morgan fingerprint density at radius 3 is 2.75 bits per heavy atom. The summed E-state index contributed by atoms with van der Waals surface area (Å²) in [5.41, 5.74) is 0.763. The molecule has 1 atom stereocenters. The number of benzene rings is 1. The molecule has 24 heavy (non-hydrogen) atoms. The van der Waals surface area contributed by atoms with Crippen LogP contribution in [0.4, 0.5) is 5.69 Å². The topological polar surface area (TPSA) is 49.9 Å². The van der Waals surface area contributed by atoms with Gasteiger partial charge in [0.05, 0.1) is 17.2 Å². The number of hydrogen-bond acceptors (Lipinski definition) is 4. The summed E-state index contributed by atoms with van der Waals surface area (Å²) in [6, 6.07) is 10.7. The first kappa shape index (κ1) is 16.5. The van der Waals surface area contributed by atoms with E-state index in [4.69, 9.17) is 4.74 Å². The molecule has 1 saturated heterocycles. The molecule has 2 aromatic rings. The van der Waals surface area contributed by atoms with Gasteiger partial charge in [0.1, 0.15) is 11.8 Å². The van der Waals surface area contributed by atoms with Crippen LogP contribution in [-0.2, 0) is 4.79 Å². The lowest BCUT2D eigenvalue weighted by atomic mass is 10.1. The van der Waals surface area contributed by atoms with Crippen molar-refractivity contribution in [2.45, 2.75) is 19.9 Å². The van der Waals surface area contributed by atoms with Crippen molar-refractivity contribution < 1.29 is 14.3 Å². The normalized spacial score (nSPS) is 17.9. The summed E-state index contributed by atoms with van der Waals surface area (Å²) in [6.45, 7) is 5.20. The van der Waals surface area contributed by atoms with E-state index in [9.17, 15) is 9.59 Å². The van der Waals surface area contributed by atoms with Crippen LogP contribution in [0.25, 0.3) is 0 Å². The van der Waals surface area contributed by atoms with E-state index < -0.39 is 6.04 Å². The fraction of sp³-hybridized carbons (Fsp3) is 0.333. The van der Waals surface area contributed by atoms with E-state index in [1.54, 1.807) is 22.8 Å². The van der Waals surface area contributed by atoms with Crippen molar-refractivity contribution in [3.05, 3.63) is 46.7 Å². The number of ether oxygens (including phenoxy) is 1. The molecule has 0 radical (unpaired) electrons. The quantitative estimate of drug-likeness (QED) is 0.857. The predicted octanol–water partition coefficient (Wildman–Crippen LogP) is 3.02. The summed E-state index contributed by atoms with van der Waals surface area (Å²) < 4.78 is 5.63. The van der Waals surface area contributed by atoms with Gasteiger partial charge >= 0.3 is 0 Å². The molecule has 1 fully saturated rings. The van der Waals surface area contributed by atoms with E-state index in [0.29, 0.717) is 30.3 Å². The molecule has 1 aromatic carbocycles. The molecule has 0 N–H and O–H groups in total. The van der Waals surface area contributed by atoms with Gasteiger partial charge in [0, 0.05) is 13.1 Å². The molecule has 6 heteroatoms. The van der Waals surface area contributed by atoms with Crippen LogP contribution in [0.1, 0.15) is 23.5 Å². The maximum absolute atomic E-state index is 12.8. The minimum atomic E-state index is -0.497. The van der Waals surface area contributed by atoms with E-state index in [1.807, 2.05) is 42.6 Å². The van der Waals surface area contributed by atoms with Crippen LogP contribution in [-0.4, -0.2) is 42.5 Å². The smallest absolute Gasteiger partial charge is 0.264 e. The van der Waals surface area contributed by atoms with Gasteiger partial charge in [-0.05, 0) is 37.4 Å². The summed E-state index contributed by atoms with van der Waals surface area (Å²) >= 11 is 1.40. The lowest BCUT2D eigenvalue weighted by Crippen LogP contribution is -2.57. The first-order valence-corrected chi connectivity index (χ1v) is 8.89. The lowest BCUT2D eigenvalue weighted by molar-refractivity contribution is -0.124. The monoisotopic (exact) mass is 344 g/mol. The highest BCUT2D eigenvalue weighted by Crippen LogP contribution is 2.31. The van der Waals surface area contributed by atoms with Crippen molar-refractivity contribution in [1.82, 2.24) is 4.90 Å². The molecular formula is C18H20N2O3S. The Morgan fingerprint density at radius 1 is 1.25 bits per heavy atom. The number of anilines is 1. The standard InChI is InChI=1S/C18H20N2O3S/c1-3-23-15-8-5-4-7-14(15)20-11-10-19(13(2)17(20)21)18(22)16-9-6-12-24-16/h4-9,12-13H,3,10-11H2,1-2H3/t13-/m1/s1. The minimum Gasteiger partial charge on any atom is -0.492 e. The number of nitrogens with zero attached hydrogens (tertiary/aromatic N) is 2. The van der Waals surface area contributed by atoms with Gasteiger partial charge in [-0.15, -0.1) is 11.3 Å². The van der Waals surface area contributed by atoms with Crippen LogP contribution in [0.3, 0.4) is 0 Å². The summed E-state index contributed by atoms with van der Waals surface area (Å²) in [4.78, 5) is 29.4. The highest BCUT2D eigenvalue weighted by molar-refractivity contribution is 7.12. The number of thiophene rings is 1. The zero-order valence-corrected chi connectivity index (χ0v) is 14.6. The predicted molar refractivity (Wildman–Crippen MR) is 94.8 cm³/mol. The zero-order valence-electron chi connectivity index (χ0n) is 13.8. The van der Waals surface area contributed by atoms with Crippen molar-refractivity contribution in [3.8, 4) is 5.75 Å². The van der Waals surface area contributed by atoms with Gasteiger partial charge < -0.3 is 14.5 Å². The minimum absolute atomic E-state index is 0.0800. The molecule has 1 aliphatic heterocycles. The maximum atomic E-state index is 12.8. The van der Waals surface area contributed by atoms with Crippen LogP contribution in [0.5, 0.6) is 5.75 Å².